The molecule has 280 valence electrons. The van der Waals surface area contributed by atoms with Crippen molar-refractivity contribution in [2.75, 3.05) is 6.54 Å². The molecule has 1 aromatic carbocycles. The molecule has 0 aliphatic heterocycles. The maximum atomic E-state index is 14.1. The van der Waals surface area contributed by atoms with E-state index in [0.717, 1.165) is 89.0 Å². The molecule has 3 aliphatic carbocycles. The molecule has 50 heavy (non-hydrogen) atoms. The normalized spacial score (nSPS) is 25.0. The fourth-order valence-electron chi connectivity index (χ4n) is 8.98. The van der Waals surface area contributed by atoms with Crippen molar-refractivity contribution in [2.24, 2.45) is 29.1 Å². The summed E-state index contributed by atoms with van der Waals surface area (Å²) >= 11 is 0. The zero-order valence-corrected chi connectivity index (χ0v) is 31.5. The second-order valence-electron chi connectivity index (χ2n) is 16.4. The maximum Gasteiger partial charge on any atom is 0.407 e. The van der Waals surface area contributed by atoms with E-state index in [4.69, 9.17) is 9.47 Å². The quantitative estimate of drug-likeness (QED) is 0.170. The Bertz CT molecular complexity index is 1240. The van der Waals surface area contributed by atoms with Crippen molar-refractivity contribution in [3.8, 4) is 0 Å². The molecule has 6 atom stereocenters. The van der Waals surface area contributed by atoms with Gasteiger partial charge in [0, 0.05) is 31.0 Å². The van der Waals surface area contributed by atoms with Crippen molar-refractivity contribution < 1.29 is 28.7 Å². The molecule has 0 spiro atoms. The van der Waals surface area contributed by atoms with E-state index >= 15 is 0 Å². The van der Waals surface area contributed by atoms with E-state index in [9.17, 15) is 19.2 Å². The Hall–Kier alpha value is -3.10. The van der Waals surface area contributed by atoms with Crippen LogP contribution in [0.5, 0.6) is 0 Å². The summed E-state index contributed by atoms with van der Waals surface area (Å²) in [5.41, 5.74) is 0.0953. The molecular weight excluding hydrogens is 630 g/mol. The largest absolute Gasteiger partial charge is 0.461 e. The number of ether oxygens (including phenoxy) is 2. The van der Waals surface area contributed by atoms with Crippen molar-refractivity contribution in [1.29, 1.82) is 0 Å². The van der Waals surface area contributed by atoms with E-state index in [1.54, 1.807) is 0 Å². The summed E-state index contributed by atoms with van der Waals surface area (Å²) in [5, 5.41) is 9.80. The number of amides is 3. The number of esters is 1. The summed E-state index contributed by atoms with van der Waals surface area (Å²) in [4.78, 5) is 53.7. The van der Waals surface area contributed by atoms with Gasteiger partial charge in [0.15, 0.2) is 0 Å². The van der Waals surface area contributed by atoms with Gasteiger partial charge in [-0.15, -0.1) is 0 Å². The lowest BCUT2D eigenvalue weighted by atomic mass is 9.71. The van der Waals surface area contributed by atoms with Crippen LogP contribution >= 0.6 is 0 Å². The van der Waals surface area contributed by atoms with Crippen molar-refractivity contribution in [1.82, 2.24) is 16.0 Å². The zero-order chi connectivity index (χ0) is 36.1. The molecule has 3 amide bonds. The topological polar surface area (TPSA) is 123 Å². The molecule has 0 radical (unpaired) electrons. The standard InChI is InChI=1S/C41H65N3O6/c1-6-30(37(46)44-35-23-15-13-21-33(35)31(7-2)38(47)49-27-29-18-10-8-11-19-29)32-20-12-14-22-34(32)43-36(45)26-41(24-16-9-17-25-41)28-42-39(48)50-40(3,4)5/h8,10-11,18-19,30-35H,6-7,9,12-17,20-28H2,1-5H3,(H,42,48)(H,43,45)(H,44,46)/t30-,31-,32-,33-,34-,35-/m0/s1. The number of hydrogen-bond acceptors (Lipinski definition) is 6. The van der Waals surface area contributed by atoms with Gasteiger partial charge in [-0.1, -0.05) is 89.1 Å². The minimum absolute atomic E-state index is 0.0113. The highest BCUT2D eigenvalue weighted by Gasteiger charge is 2.41. The fourth-order valence-corrected chi connectivity index (χ4v) is 8.98. The molecule has 1 aromatic rings. The predicted molar refractivity (Wildman–Crippen MR) is 196 cm³/mol. The average molecular weight is 696 g/mol. The third-order valence-corrected chi connectivity index (χ3v) is 11.5. The van der Waals surface area contributed by atoms with Crippen LogP contribution in [-0.2, 0) is 30.5 Å². The van der Waals surface area contributed by atoms with E-state index in [-0.39, 0.29) is 65.6 Å². The molecule has 0 bridgehead atoms. The smallest absolute Gasteiger partial charge is 0.407 e. The van der Waals surface area contributed by atoms with E-state index in [2.05, 4.69) is 22.9 Å². The van der Waals surface area contributed by atoms with Crippen LogP contribution in [0.2, 0.25) is 0 Å². The Morgan fingerprint density at radius 3 is 1.96 bits per heavy atom. The van der Waals surface area contributed by atoms with Gasteiger partial charge in [0.1, 0.15) is 12.2 Å². The average Bonchev–Trinajstić information content (AvgIpc) is 3.09. The lowest BCUT2D eigenvalue weighted by Crippen LogP contribution is -2.53. The van der Waals surface area contributed by atoms with Crippen LogP contribution in [-0.4, -0.2) is 48.1 Å². The van der Waals surface area contributed by atoms with Crippen LogP contribution in [0, 0.1) is 29.1 Å². The number of nitrogens with one attached hydrogen (secondary N) is 3. The Morgan fingerprint density at radius 1 is 0.780 bits per heavy atom. The molecule has 0 aromatic heterocycles. The molecule has 3 fully saturated rings. The van der Waals surface area contributed by atoms with Gasteiger partial charge in [-0.3, -0.25) is 14.4 Å². The minimum atomic E-state index is -0.580. The third-order valence-electron chi connectivity index (χ3n) is 11.5. The van der Waals surface area contributed by atoms with Crippen molar-refractivity contribution >= 4 is 23.9 Å². The summed E-state index contributed by atoms with van der Waals surface area (Å²) in [5.74, 6) is -0.498. The van der Waals surface area contributed by atoms with Gasteiger partial charge in [-0.2, -0.15) is 0 Å². The van der Waals surface area contributed by atoms with Gasteiger partial charge in [0.2, 0.25) is 11.8 Å². The summed E-state index contributed by atoms with van der Waals surface area (Å²) < 4.78 is 11.3. The first-order valence-electron chi connectivity index (χ1n) is 19.7. The number of benzene rings is 1. The number of carbonyl (C=O) groups is 4. The molecule has 3 aliphatic rings. The highest BCUT2D eigenvalue weighted by molar-refractivity contribution is 5.80. The molecule has 4 rings (SSSR count). The molecule has 3 saturated carbocycles. The SMILES string of the molecule is CC[C@H](C(=O)N[C@H]1CCCC[C@H]1[C@H](CC)C(=O)OCc1ccccc1)[C@@H]1CCCC[C@@H]1NC(=O)CC1(CNC(=O)OC(C)(C)C)CCCCC1. The minimum Gasteiger partial charge on any atom is -0.461 e. The lowest BCUT2D eigenvalue weighted by Gasteiger charge is -2.41. The first-order valence-corrected chi connectivity index (χ1v) is 19.7. The van der Waals surface area contributed by atoms with Gasteiger partial charge < -0.3 is 25.4 Å². The first-order chi connectivity index (χ1) is 23.9. The Labute approximate surface area is 301 Å². The molecule has 0 unspecified atom stereocenters. The van der Waals surface area contributed by atoms with Gasteiger partial charge in [-0.25, -0.2) is 4.79 Å². The Morgan fingerprint density at radius 2 is 1.36 bits per heavy atom. The Kier molecular flexibility index (Phi) is 15.0. The van der Waals surface area contributed by atoms with Crippen LogP contribution in [0.4, 0.5) is 4.79 Å². The number of hydrogen-bond donors (Lipinski definition) is 3. The van der Waals surface area contributed by atoms with E-state index < -0.39 is 11.7 Å². The van der Waals surface area contributed by atoms with Gasteiger partial charge in [0.25, 0.3) is 0 Å². The molecule has 3 N–H and O–H groups in total. The van der Waals surface area contributed by atoms with Crippen molar-refractivity contribution in [3.05, 3.63) is 35.9 Å². The lowest BCUT2D eigenvalue weighted by molar-refractivity contribution is -0.153. The van der Waals surface area contributed by atoms with Crippen molar-refractivity contribution in [2.45, 2.75) is 162 Å². The summed E-state index contributed by atoms with van der Waals surface area (Å²) in [6.45, 7) is 10.3. The number of carbonyl (C=O) groups excluding carboxylic acids is 4. The molecule has 0 saturated heterocycles. The highest BCUT2D eigenvalue weighted by Crippen LogP contribution is 2.40. The summed E-state index contributed by atoms with van der Waals surface area (Å²) in [6, 6.07) is 9.62. The highest BCUT2D eigenvalue weighted by atomic mass is 16.6. The molecule has 9 heteroatoms. The van der Waals surface area contributed by atoms with Gasteiger partial charge >= 0.3 is 12.1 Å². The second kappa shape index (κ2) is 18.9. The van der Waals surface area contributed by atoms with E-state index in [0.29, 0.717) is 25.8 Å². The molecule has 0 heterocycles. The summed E-state index contributed by atoms with van der Waals surface area (Å²) in [6.07, 6.45) is 14.0. The predicted octanol–water partition coefficient (Wildman–Crippen LogP) is 8.00. The third kappa shape index (κ3) is 11.7. The molecule has 9 nitrogen and oxygen atoms in total. The van der Waals surface area contributed by atoms with Crippen LogP contribution in [0.1, 0.15) is 143 Å². The zero-order valence-electron chi connectivity index (χ0n) is 31.5. The first kappa shape index (κ1) is 39.7. The number of alkyl carbamates (subject to hydrolysis) is 1. The van der Waals surface area contributed by atoms with E-state index in [1.807, 2.05) is 58.0 Å². The monoisotopic (exact) mass is 695 g/mol. The number of rotatable bonds is 14. The maximum absolute atomic E-state index is 14.1. The Balaban J connectivity index is 1.38. The van der Waals surface area contributed by atoms with Crippen molar-refractivity contribution in [3.63, 3.8) is 0 Å². The second-order valence-corrected chi connectivity index (χ2v) is 16.4. The van der Waals surface area contributed by atoms with Gasteiger partial charge in [0.05, 0.1) is 5.92 Å². The fraction of sp³-hybridized carbons (Fsp3) is 0.756. The summed E-state index contributed by atoms with van der Waals surface area (Å²) in [7, 11) is 0. The van der Waals surface area contributed by atoms with Crippen LogP contribution in [0.25, 0.3) is 0 Å². The van der Waals surface area contributed by atoms with Crippen LogP contribution < -0.4 is 16.0 Å². The molecular formula is C41H65N3O6. The van der Waals surface area contributed by atoms with Crippen LogP contribution in [0.15, 0.2) is 30.3 Å². The van der Waals surface area contributed by atoms with E-state index in [1.165, 1.54) is 0 Å². The van der Waals surface area contributed by atoms with Crippen LogP contribution in [0.3, 0.4) is 0 Å². The van der Waals surface area contributed by atoms with Gasteiger partial charge in [-0.05, 0) is 95.0 Å².